The molecular weight excluding hydrogens is 1260 g/mol. The molecule has 25 heteroatoms. The van der Waals surface area contributed by atoms with E-state index in [2.05, 4.69) is 20.8 Å². The summed E-state index contributed by atoms with van der Waals surface area (Å²) in [6.45, 7) is 3.45. The summed E-state index contributed by atoms with van der Waals surface area (Å²) in [5.74, 6) is -1.97. The average Bonchev–Trinajstić information content (AvgIpc) is 0.764. The number of hydrogen-bond acceptors (Lipinski definition) is 23. The smallest absolute Gasteiger partial charge is 0.463 e. The monoisotopic (exact) mass is 1390 g/mol. The highest BCUT2D eigenvalue weighted by molar-refractivity contribution is 7.47. The summed E-state index contributed by atoms with van der Waals surface area (Å²) >= 11 is 0. The molecule has 0 aromatic rings. The van der Waals surface area contributed by atoms with Gasteiger partial charge in [-0.05, 0) is 19.3 Å². The van der Waals surface area contributed by atoms with Crippen LogP contribution >= 0.6 is 7.82 Å². The Morgan fingerprint density at radius 1 is 0.368 bits per heavy atom. The topological polar surface area (TPSA) is 374 Å². The molecule has 11 N–H and O–H groups in total. The lowest BCUT2D eigenvalue weighted by Gasteiger charge is -2.49. The largest absolute Gasteiger partial charge is 0.472 e. The molecule has 0 amide bonds. The van der Waals surface area contributed by atoms with Gasteiger partial charge in [-0.1, -0.05) is 258 Å². The number of aliphatic hydroxyl groups excluding tert-OH is 10. The van der Waals surface area contributed by atoms with E-state index in [1.54, 1.807) is 0 Å². The first-order valence-corrected chi connectivity index (χ1v) is 38.8. The second kappa shape index (κ2) is 52.9. The van der Waals surface area contributed by atoms with Crippen LogP contribution in [0.15, 0.2) is 0 Å². The zero-order valence-electron chi connectivity index (χ0n) is 58.2. The van der Waals surface area contributed by atoms with Crippen LogP contribution in [0.1, 0.15) is 297 Å². The summed E-state index contributed by atoms with van der Waals surface area (Å²) < 4.78 is 65.0. The van der Waals surface area contributed by atoms with E-state index in [1.807, 2.05) is 0 Å². The molecule has 2 heterocycles. The highest BCUT2D eigenvalue weighted by Crippen LogP contribution is 2.49. The van der Waals surface area contributed by atoms with Gasteiger partial charge in [-0.3, -0.25) is 23.4 Å². The van der Waals surface area contributed by atoms with Crippen molar-refractivity contribution in [3.05, 3.63) is 0 Å². The number of phosphoric acid groups is 1. The van der Waals surface area contributed by atoms with Crippen molar-refractivity contribution in [3.8, 4) is 0 Å². The molecule has 560 valence electrons. The molecule has 0 aromatic carbocycles. The fourth-order valence-electron chi connectivity index (χ4n) is 12.5. The molecule has 0 bridgehead atoms. The lowest BCUT2D eigenvalue weighted by molar-refractivity contribution is -0.360. The summed E-state index contributed by atoms with van der Waals surface area (Å²) in [5, 5.41) is 110. The maximum absolute atomic E-state index is 14.3. The van der Waals surface area contributed by atoms with Crippen LogP contribution in [0.4, 0.5) is 0 Å². The first kappa shape index (κ1) is 87.2. The summed E-state index contributed by atoms with van der Waals surface area (Å²) in [6, 6.07) is 0. The Labute approximate surface area is 568 Å². The standard InChI is InChI=1S/C70H131O24P/c1-4-7-10-13-16-19-22-25-26-28-31-34-37-40-43-46-56(74)89-51(48-86-54(72)44-41-38-35-33-30-27-23-20-17-14-11-8-5-2)49-88-95(84,85)94-68-66(92-69-64(82)59(77)57(75)52(47-71)90-69)62(80)61(79)63(81)67(68)93-70-65(83)60(78)58(76)53(91-70)50-87-55(73)45-42-39-36-32-29-24-21-18-15-12-9-6-3/h51-53,57-71,75-83H,4-50H2,1-3H3,(H,84,85). The first-order chi connectivity index (χ1) is 45.8. The molecule has 18 atom stereocenters. The van der Waals surface area contributed by atoms with Gasteiger partial charge in [0.1, 0.15) is 98.7 Å². The second-order valence-electron chi connectivity index (χ2n) is 27.0. The minimum absolute atomic E-state index is 0.0330. The zero-order valence-corrected chi connectivity index (χ0v) is 59.1. The van der Waals surface area contributed by atoms with E-state index in [9.17, 15) is 74.9 Å². The lowest BCUT2D eigenvalue weighted by Crippen LogP contribution is -2.69. The number of carbonyl (C=O) groups excluding carboxylic acids is 3. The van der Waals surface area contributed by atoms with Crippen molar-refractivity contribution in [2.45, 2.75) is 401 Å². The Bertz CT molecular complexity index is 1980. The van der Waals surface area contributed by atoms with E-state index in [-0.39, 0.29) is 19.3 Å². The molecular formula is C70H131O24P. The summed E-state index contributed by atoms with van der Waals surface area (Å²) in [4.78, 5) is 50.9. The van der Waals surface area contributed by atoms with Crippen molar-refractivity contribution in [1.82, 2.24) is 0 Å². The Kier molecular flexibility index (Phi) is 48.5. The Hall–Kier alpha value is -2.04. The molecule has 0 spiro atoms. The maximum Gasteiger partial charge on any atom is 0.472 e. The van der Waals surface area contributed by atoms with E-state index in [0.717, 1.165) is 89.9 Å². The van der Waals surface area contributed by atoms with Gasteiger partial charge in [-0.15, -0.1) is 0 Å². The van der Waals surface area contributed by atoms with Gasteiger partial charge < -0.3 is 89.1 Å². The number of carbonyl (C=O) groups is 3. The highest BCUT2D eigenvalue weighted by atomic mass is 31.2. The summed E-state index contributed by atoms with van der Waals surface area (Å²) in [5.41, 5.74) is 0. The lowest BCUT2D eigenvalue weighted by atomic mass is 9.84. The first-order valence-electron chi connectivity index (χ1n) is 37.3. The molecule has 95 heavy (non-hydrogen) atoms. The fraction of sp³-hybridized carbons (Fsp3) is 0.957. The number of hydrogen-bond donors (Lipinski definition) is 11. The van der Waals surface area contributed by atoms with Gasteiger partial charge in [0.15, 0.2) is 18.7 Å². The van der Waals surface area contributed by atoms with Gasteiger partial charge in [0.05, 0.1) is 13.2 Å². The molecule has 3 aliphatic rings. The van der Waals surface area contributed by atoms with Crippen LogP contribution in [-0.4, -0.2) is 204 Å². The van der Waals surface area contributed by atoms with Crippen LogP contribution in [0.3, 0.4) is 0 Å². The number of ether oxygens (including phenoxy) is 7. The third-order valence-electron chi connectivity index (χ3n) is 18.6. The molecule has 0 aromatic heterocycles. The van der Waals surface area contributed by atoms with Crippen molar-refractivity contribution < 1.29 is 117 Å². The van der Waals surface area contributed by atoms with E-state index < -0.39 is 156 Å². The molecule has 1 saturated carbocycles. The third kappa shape index (κ3) is 36.4. The van der Waals surface area contributed by atoms with Gasteiger partial charge in [0, 0.05) is 19.3 Å². The molecule has 18 unspecified atom stereocenters. The number of phosphoric ester groups is 1. The number of aliphatic hydroxyl groups is 10. The number of rotatable bonds is 58. The van der Waals surface area contributed by atoms with Crippen LogP contribution < -0.4 is 0 Å². The summed E-state index contributed by atoms with van der Waals surface area (Å²) in [7, 11) is -5.69. The Morgan fingerprint density at radius 2 is 0.674 bits per heavy atom. The van der Waals surface area contributed by atoms with E-state index >= 15 is 0 Å². The molecule has 24 nitrogen and oxygen atoms in total. The predicted octanol–water partition coefficient (Wildman–Crippen LogP) is 9.80. The molecule has 2 saturated heterocycles. The van der Waals surface area contributed by atoms with Crippen LogP contribution in [-0.2, 0) is 61.2 Å². The van der Waals surface area contributed by atoms with Crippen LogP contribution in [0.25, 0.3) is 0 Å². The van der Waals surface area contributed by atoms with E-state index in [4.69, 9.17) is 42.2 Å². The van der Waals surface area contributed by atoms with Crippen LogP contribution in [0.5, 0.6) is 0 Å². The van der Waals surface area contributed by atoms with Crippen molar-refractivity contribution in [2.75, 3.05) is 26.4 Å². The zero-order chi connectivity index (χ0) is 69.6. The second-order valence-corrected chi connectivity index (χ2v) is 28.4. The third-order valence-corrected chi connectivity index (χ3v) is 19.6. The van der Waals surface area contributed by atoms with Gasteiger partial charge in [0.2, 0.25) is 0 Å². The fourth-order valence-corrected chi connectivity index (χ4v) is 13.5. The minimum Gasteiger partial charge on any atom is -0.463 e. The molecule has 1 aliphatic carbocycles. The van der Waals surface area contributed by atoms with E-state index in [0.29, 0.717) is 19.3 Å². The Morgan fingerprint density at radius 3 is 1.03 bits per heavy atom. The molecule has 0 radical (unpaired) electrons. The van der Waals surface area contributed by atoms with Crippen LogP contribution in [0, 0.1) is 0 Å². The SMILES string of the molecule is CCCCCCCCCCCCCCCCCC(=O)OC(COC(=O)CCCCCCCCCCCCCCC)COP(=O)(O)OC1C(OC2OC(CO)C(O)C(O)C2O)C(O)C(O)C(O)C1OC1OC(COC(=O)CCCCCCCCCCCCCC)C(O)C(O)C1O. The number of esters is 3. The van der Waals surface area contributed by atoms with Crippen molar-refractivity contribution >= 4 is 25.7 Å². The quantitative estimate of drug-likeness (QED) is 0.0117. The minimum atomic E-state index is -5.69. The highest BCUT2D eigenvalue weighted by Gasteiger charge is 2.58. The number of unbranched alkanes of at least 4 members (excludes halogenated alkanes) is 37. The molecule has 2 aliphatic heterocycles. The predicted molar refractivity (Wildman–Crippen MR) is 356 cm³/mol. The molecule has 3 rings (SSSR count). The van der Waals surface area contributed by atoms with Gasteiger partial charge in [-0.2, -0.15) is 0 Å². The van der Waals surface area contributed by atoms with Crippen LogP contribution in [0.2, 0.25) is 0 Å². The Balaban J connectivity index is 1.74. The average molecular weight is 1390 g/mol. The van der Waals surface area contributed by atoms with Gasteiger partial charge in [-0.25, -0.2) is 4.57 Å². The van der Waals surface area contributed by atoms with Crippen molar-refractivity contribution in [1.29, 1.82) is 0 Å². The van der Waals surface area contributed by atoms with Crippen molar-refractivity contribution in [3.63, 3.8) is 0 Å². The van der Waals surface area contributed by atoms with E-state index in [1.165, 1.54) is 148 Å². The van der Waals surface area contributed by atoms with Gasteiger partial charge >= 0.3 is 25.7 Å². The maximum atomic E-state index is 14.3. The summed E-state index contributed by atoms with van der Waals surface area (Å²) in [6.07, 6.45) is 8.91. The molecule has 3 fully saturated rings. The normalized spacial score (nSPS) is 28.1. The van der Waals surface area contributed by atoms with Crippen molar-refractivity contribution in [2.24, 2.45) is 0 Å². The van der Waals surface area contributed by atoms with Gasteiger partial charge in [0.25, 0.3) is 0 Å².